The van der Waals surface area contributed by atoms with Crippen LogP contribution in [0.4, 0.5) is 17.5 Å². The zero-order valence-corrected chi connectivity index (χ0v) is 17.5. The first-order valence-electron chi connectivity index (χ1n) is 9.67. The largest absolute Gasteiger partial charge is 0.352 e. The van der Waals surface area contributed by atoms with E-state index in [9.17, 15) is 0 Å². The van der Waals surface area contributed by atoms with E-state index in [0.29, 0.717) is 5.95 Å². The molecule has 0 atom stereocenters. The Bertz CT molecular complexity index is 971. The summed E-state index contributed by atoms with van der Waals surface area (Å²) in [6, 6.07) is 17.0. The van der Waals surface area contributed by atoms with Crippen molar-refractivity contribution in [2.45, 2.75) is 40.2 Å². The van der Waals surface area contributed by atoms with Gasteiger partial charge in [-0.15, -0.1) is 12.4 Å². The second kappa shape index (κ2) is 8.61. The van der Waals surface area contributed by atoms with Crippen LogP contribution < -0.4 is 10.2 Å². The topological polar surface area (TPSA) is 41.1 Å². The molecule has 0 spiro atoms. The quantitative estimate of drug-likeness (QED) is 0.644. The van der Waals surface area contributed by atoms with Crippen LogP contribution in [0.15, 0.2) is 48.5 Å². The van der Waals surface area contributed by atoms with E-state index in [1.807, 2.05) is 12.1 Å². The van der Waals surface area contributed by atoms with Gasteiger partial charge in [0.05, 0.1) is 5.69 Å². The molecule has 4 rings (SSSR count). The number of fused-ring (bicyclic) bond motifs is 1. The van der Waals surface area contributed by atoms with E-state index in [2.05, 4.69) is 67.4 Å². The summed E-state index contributed by atoms with van der Waals surface area (Å²) in [4.78, 5) is 12.1. The van der Waals surface area contributed by atoms with Crippen molar-refractivity contribution in [3.8, 4) is 0 Å². The molecule has 5 heteroatoms. The maximum atomic E-state index is 4.92. The van der Waals surface area contributed by atoms with E-state index in [1.165, 1.54) is 22.3 Å². The first-order chi connectivity index (χ1) is 13.2. The van der Waals surface area contributed by atoms with Crippen molar-refractivity contribution >= 4 is 29.9 Å². The molecule has 1 aliphatic rings. The molecule has 2 aromatic carbocycles. The summed E-state index contributed by atoms with van der Waals surface area (Å²) in [6.45, 7) is 8.29. The Balaban J connectivity index is 0.00000225. The molecule has 0 fully saturated rings. The molecule has 1 aliphatic heterocycles. The maximum Gasteiger partial charge on any atom is 0.229 e. The lowest BCUT2D eigenvalue weighted by molar-refractivity contribution is 0.714. The fourth-order valence-corrected chi connectivity index (χ4v) is 3.77. The summed E-state index contributed by atoms with van der Waals surface area (Å²) in [7, 11) is 0. The van der Waals surface area contributed by atoms with Crippen molar-refractivity contribution in [3.63, 3.8) is 0 Å². The molecule has 4 nitrogen and oxygen atoms in total. The normalized spacial score (nSPS) is 12.9. The van der Waals surface area contributed by atoms with Crippen LogP contribution in [-0.2, 0) is 19.4 Å². The smallest absolute Gasteiger partial charge is 0.229 e. The number of anilines is 3. The van der Waals surface area contributed by atoms with Crippen LogP contribution in [0.2, 0.25) is 0 Å². The van der Waals surface area contributed by atoms with Crippen molar-refractivity contribution in [2.24, 2.45) is 0 Å². The first kappa shape index (κ1) is 20.2. The predicted molar refractivity (Wildman–Crippen MR) is 119 cm³/mol. The Hall–Kier alpha value is -2.59. The summed E-state index contributed by atoms with van der Waals surface area (Å²) in [5, 5.41) is 3.42. The van der Waals surface area contributed by atoms with E-state index in [1.54, 1.807) is 0 Å². The van der Waals surface area contributed by atoms with Gasteiger partial charge in [0.25, 0.3) is 0 Å². The van der Waals surface area contributed by atoms with Gasteiger partial charge in [-0.3, -0.25) is 0 Å². The summed E-state index contributed by atoms with van der Waals surface area (Å²) >= 11 is 0. The number of rotatable bonds is 4. The van der Waals surface area contributed by atoms with Gasteiger partial charge in [0, 0.05) is 24.3 Å². The zero-order valence-electron chi connectivity index (χ0n) is 16.7. The Morgan fingerprint density at radius 2 is 1.68 bits per heavy atom. The van der Waals surface area contributed by atoms with Crippen molar-refractivity contribution in [2.75, 3.05) is 16.8 Å². The maximum absolute atomic E-state index is 4.92. The third kappa shape index (κ3) is 3.97. The van der Waals surface area contributed by atoms with Gasteiger partial charge in [-0.1, -0.05) is 49.4 Å². The minimum atomic E-state index is 0. The predicted octanol–water partition coefficient (Wildman–Crippen LogP) is 5.38. The van der Waals surface area contributed by atoms with Crippen LogP contribution >= 0.6 is 12.4 Å². The number of hydrogen-bond donors (Lipinski definition) is 1. The van der Waals surface area contributed by atoms with Crippen molar-refractivity contribution in [1.82, 2.24) is 9.97 Å². The van der Waals surface area contributed by atoms with Gasteiger partial charge in [0.1, 0.15) is 5.82 Å². The average molecular weight is 395 g/mol. The highest BCUT2D eigenvalue weighted by Crippen LogP contribution is 2.29. The van der Waals surface area contributed by atoms with Crippen molar-refractivity contribution in [3.05, 3.63) is 76.5 Å². The van der Waals surface area contributed by atoms with Gasteiger partial charge in [-0.05, 0) is 49.4 Å². The lowest BCUT2D eigenvalue weighted by Gasteiger charge is -2.31. The Morgan fingerprint density at radius 1 is 0.964 bits per heavy atom. The summed E-state index contributed by atoms with van der Waals surface area (Å²) in [5.74, 6) is 1.73. The van der Waals surface area contributed by atoms with Crippen molar-refractivity contribution < 1.29 is 0 Å². The van der Waals surface area contributed by atoms with Crippen LogP contribution in [0, 0.1) is 13.8 Å². The van der Waals surface area contributed by atoms with Gasteiger partial charge < -0.3 is 10.2 Å². The van der Waals surface area contributed by atoms with E-state index in [-0.39, 0.29) is 12.4 Å². The van der Waals surface area contributed by atoms with Crippen LogP contribution in [0.1, 0.15) is 34.9 Å². The van der Waals surface area contributed by atoms with Gasteiger partial charge in [-0.2, -0.15) is 4.98 Å². The monoisotopic (exact) mass is 394 g/mol. The molecule has 2 heterocycles. The van der Waals surface area contributed by atoms with Crippen LogP contribution in [0.25, 0.3) is 0 Å². The number of halogens is 1. The number of para-hydroxylation sites is 1. The van der Waals surface area contributed by atoms with E-state index in [0.717, 1.165) is 43.1 Å². The lowest BCUT2D eigenvalue weighted by atomic mass is 9.99. The van der Waals surface area contributed by atoms with E-state index >= 15 is 0 Å². The SMILES string of the molecule is CCc1nc(Nc2ccccc2C)nc(N2CCc3ccccc3C2)c1C.Cl. The number of benzene rings is 2. The lowest BCUT2D eigenvalue weighted by Crippen LogP contribution is -2.32. The highest BCUT2D eigenvalue weighted by molar-refractivity contribution is 5.85. The number of hydrogen-bond acceptors (Lipinski definition) is 4. The summed E-state index contributed by atoms with van der Waals surface area (Å²) in [5.41, 5.74) is 7.39. The van der Waals surface area contributed by atoms with Crippen molar-refractivity contribution in [1.29, 1.82) is 0 Å². The molecule has 0 saturated heterocycles. The molecule has 0 unspecified atom stereocenters. The summed E-state index contributed by atoms with van der Waals surface area (Å²) in [6.07, 6.45) is 1.95. The van der Waals surface area contributed by atoms with Gasteiger partial charge in [0.15, 0.2) is 0 Å². The molecular weight excluding hydrogens is 368 g/mol. The van der Waals surface area contributed by atoms with E-state index in [4.69, 9.17) is 9.97 Å². The Morgan fingerprint density at radius 3 is 2.43 bits per heavy atom. The standard InChI is InChI=1S/C23H26N4.ClH/c1-4-20-17(3)22(27-14-13-18-10-6-7-11-19(18)15-27)26-23(24-20)25-21-12-8-5-9-16(21)2;/h5-12H,4,13-15H2,1-3H3,(H,24,25,26);1H. The fourth-order valence-electron chi connectivity index (χ4n) is 3.77. The first-order valence-corrected chi connectivity index (χ1v) is 9.67. The number of nitrogens with zero attached hydrogens (tertiary/aromatic N) is 3. The highest BCUT2D eigenvalue weighted by Gasteiger charge is 2.21. The second-order valence-corrected chi connectivity index (χ2v) is 7.18. The van der Waals surface area contributed by atoms with Gasteiger partial charge in [-0.25, -0.2) is 4.98 Å². The molecule has 1 aromatic heterocycles. The Kier molecular flexibility index (Phi) is 6.20. The third-order valence-electron chi connectivity index (χ3n) is 5.38. The molecule has 28 heavy (non-hydrogen) atoms. The minimum absolute atomic E-state index is 0. The van der Waals surface area contributed by atoms with Crippen LogP contribution in [0.5, 0.6) is 0 Å². The van der Waals surface area contributed by atoms with E-state index < -0.39 is 0 Å². The molecule has 3 aromatic rings. The Labute approximate surface area is 173 Å². The minimum Gasteiger partial charge on any atom is -0.352 e. The van der Waals surface area contributed by atoms with Gasteiger partial charge >= 0.3 is 0 Å². The third-order valence-corrected chi connectivity index (χ3v) is 5.38. The second-order valence-electron chi connectivity index (χ2n) is 7.18. The molecule has 0 amide bonds. The average Bonchev–Trinajstić information content (AvgIpc) is 2.70. The highest BCUT2D eigenvalue weighted by atomic mass is 35.5. The summed E-state index contributed by atoms with van der Waals surface area (Å²) < 4.78 is 0. The number of aryl methyl sites for hydroxylation is 2. The molecule has 146 valence electrons. The molecule has 0 bridgehead atoms. The fraction of sp³-hybridized carbons (Fsp3) is 0.304. The molecule has 0 aliphatic carbocycles. The number of aromatic nitrogens is 2. The molecule has 0 radical (unpaired) electrons. The van der Waals surface area contributed by atoms with Crippen LogP contribution in [-0.4, -0.2) is 16.5 Å². The molecule has 0 saturated carbocycles. The molecular formula is C23H27ClN4. The molecule has 1 N–H and O–H groups in total. The van der Waals surface area contributed by atoms with Gasteiger partial charge in [0.2, 0.25) is 5.95 Å². The van der Waals surface area contributed by atoms with Crippen LogP contribution in [0.3, 0.4) is 0 Å². The number of nitrogens with one attached hydrogen (secondary N) is 1. The zero-order chi connectivity index (χ0) is 18.8.